The van der Waals surface area contributed by atoms with Gasteiger partial charge < -0.3 is 9.84 Å². The monoisotopic (exact) mass is 320 g/mol. The van der Waals surface area contributed by atoms with Gasteiger partial charge >= 0.3 is 6.01 Å². The number of aryl methyl sites for hydroxylation is 1. The number of anilines is 1. The van der Waals surface area contributed by atoms with Crippen LogP contribution in [-0.4, -0.2) is 15.1 Å². The Kier molecular flexibility index (Phi) is 3.90. The van der Waals surface area contributed by atoms with Gasteiger partial charge in [0, 0.05) is 21.7 Å². The molecule has 108 valence electrons. The molecule has 1 aromatic carbocycles. The lowest BCUT2D eigenvalue weighted by atomic mass is 10.2. The highest BCUT2D eigenvalue weighted by Crippen LogP contribution is 2.25. The van der Waals surface area contributed by atoms with Gasteiger partial charge in [-0.2, -0.15) is 4.98 Å². The Bertz CT molecular complexity index is 755. The molecular weight excluding hydrogens is 308 g/mol. The highest BCUT2D eigenvalue weighted by molar-refractivity contribution is 7.11. The first-order valence-corrected chi connectivity index (χ1v) is 7.60. The number of benzene rings is 1. The van der Waals surface area contributed by atoms with Crippen LogP contribution in [0.4, 0.5) is 6.01 Å². The SMILES string of the molecule is Cc1cnc(C(C)Nc2nc(-c3cccc(Cl)c3)no2)s1. The summed E-state index contributed by atoms with van der Waals surface area (Å²) in [5.74, 6) is 0.502. The molecule has 3 rings (SSSR count). The summed E-state index contributed by atoms with van der Waals surface area (Å²) < 4.78 is 5.22. The van der Waals surface area contributed by atoms with Crippen LogP contribution in [-0.2, 0) is 0 Å². The maximum absolute atomic E-state index is 5.96. The van der Waals surface area contributed by atoms with Crippen molar-refractivity contribution in [3.63, 3.8) is 0 Å². The summed E-state index contributed by atoms with van der Waals surface area (Å²) in [5.41, 5.74) is 0.817. The van der Waals surface area contributed by atoms with E-state index in [1.807, 2.05) is 32.2 Å². The van der Waals surface area contributed by atoms with Crippen molar-refractivity contribution in [3.05, 3.63) is 45.4 Å². The van der Waals surface area contributed by atoms with Crippen molar-refractivity contribution in [1.82, 2.24) is 15.1 Å². The smallest absolute Gasteiger partial charge is 0.322 e. The molecular formula is C14H13ClN4OS. The molecule has 0 amide bonds. The molecule has 0 radical (unpaired) electrons. The predicted molar refractivity (Wildman–Crippen MR) is 83.6 cm³/mol. The summed E-state index contributed by atoms with van der Waals surface area (Å²) >= 11 is 7.60. The fourth-order valence-corrected chi connectivity index (χ4v) is 2.81. The van der Waals surface area contributed by atoms with Crippen LogP contribution in [0.5, 0.6) is 0 Å². The van der Waals surface area contributed by atoms with Gasteiger partial charge in [-0.05, 0) is 26.0 Å². The number of hydrogen-bond donors (Lipinski definition) is 1. The highest BCUT2D eigenvalue weighted by atomic mass is 35.5. The first-order valence-electron chi connectivity index (χ1n) is 6.40. The van der Waals surface area contributed by atoms with Crippen LogP contribution in [0.2, 0.25) is 5.02 Å². The van der Waals surface area contributed by atoms with E-state index < -0.39 is 0 Å². The Morgan fingerprint density at radius 3 is 2.95 bits per heavy atom. The van der Waals surface area contributed by atoms with Gasteiger partial charge in [-0.3, -0.25) is 0 Å². The third-order valence-electron chi connectivity index (χ3n) is 2.86. The summed E-state index contributed by atoms with van der Waals surface area (Å²) in [6.45, 7) is 4.03. The van der Waals surface area contributed by atoms with Crippen molar-refractivity contribution in [2.24, 2.45) is 0 Å². The van der Waals surface area contributed by atoms with Gasteiger partial charge in [0.2, 0.25) is 5.82 Å². The Labute approximate surface area is 131 Å². The first-order chi connectivity index (χ1) is 10.1. The summed E-state index contributed by atoms with van der Waals surface area (Å²) in [7, 11) is 0. The normalized spacial score (nSPS) is 12.3. The van der Waals surface area contributed by atoms with Crippen LogP contribution in [0.1, 0.15) is 22.9 Å². The Hall–Kier alpha value is -1.92. The van der Waals surface area contributed by atoms with E-state index in [1.165, 1.54) is 4.88 Å². The molecule has 0 saturated carbocycles. The Balaban J connectivity index is 1.76. The minimum absolute atomic E-state index is 0.0105. The second-order valence-corrected chi connectivity index (χ2v) is 6.31. The average Bonchev–Trinajstić information content (AvgIpc) is 3.08. The topological polar surface area (TPSA) is 63.8 Å². The van der Waals surface area contributed by atoms with E-state index in [4.69, 9.17) is 16.1 Å². The summed E-state index contributed by atoms with van der Waals surface area (Å²) in [4.78, 5) is 9.83. The standard InChI is InChI=1S/C14H13ClN4OS/c1-8-7-16-13(21-8)9(2)17-14-18-12(19-20-14)10-4-3-5-11(15)6-10/h3-7,9H,1-2H3,(H,17,18,19). The number of halogens is 1. The molecule has 1 unspecified atom stereocenters. The molecule has 0 bridgehead atoms. The van der Waals surface area contributed by atoms with Gasteiger partial charge in [0.05, 0.1) is 6.04 Å². The zero-order chi connectivity index (χ0) is 14.8. The van der Waals surface area contributed by atoms with Crippen LogP contribution in [0.3, 0.4) is 0 Å². The lowest BCUT2D eigenvalue weighted by molar-refractivity contribution is 0.429. The molecule has 21 heavy (non-hydrogen) atoms. The fraction of sp³-hybridized carbons (Fsp3) is 0.214. The second kappa shape index (κ2) is 5.83. The van der Waals surface area contributed by atoms with Gasteiger partial charge in [-0.1, -0.05) is 28.9 Å². The van der Waals surface area contributed by atoms with Crippen molar-refractivity contribution in [3.8, 4) is 11.4 Å². The van der Waals surface area contributed by atoms with E-state index in [0.717, 1.165) is 10.6 Å². The second-order valence-electron chi connectivity index (χ2n) is 4.61. The van der Waals surface area contributed by atoms with Gasteiger partial charge in [0.25, 0.3) is 0 Å². The lowest BCUT2D eigenvalue weighted by Crippen LogP contribution is -2.06. The lowest BCUT2D eigenvalue weighted by Gasteiger charge is -2.07. The number of aromatic nitrogens is 3. The number of hydrogen-bond acceptors (Lipinski definition) is 6. The molecule has 0 aliphatic rings. The summed E-state index contributed by atoms with van der Waals surface area (Å²) in [6, 6.07) is 7.71. The average molecular weight is 321 g/mol. The molecule has 0 spiro atoms. The molecule has 2 aromatic heterocycles. The molecule has 7 heteroatoms. The molecule has 0 aliphatic heterocycles. The van der Waals surface area contributed by atoms with E-state index >= 15 is 0 Å². The number of thiazole rings is 1. The zero-order valence-corrected chi connectivity index (χ0v) is 13.1. The number of nitrogens with one attached hydrogen (secondary N) is 1. The van der Waals surface area contributed by atoms with E-state index in [9.17, 15) is 0 Å². The van der Waals surface area contributed by atoms with Crippen LogP contribution < -0.4 is 5.32 Å². The van der Waals surface area contributed by atoms with Crippen LogP contribution in [0, 0.1) is 6.92 Å². The fourth-order valence-electron chi connectivity index (χ4n) is 1.85. The minimum Gasteiger partial charge on any atom is -0.329 e. The number of nitrogens with zero attached hydrogens (tertiary/aromatic N) is 3. The van der Waals surface area contributed by atoms with Crippen LogP contribution >= 0.6 is 22.9 Å². The van der Waals surface area contributed by atoms with E-state index in [-0.39, 0.29) is 6.04 Å². The zero-order valence-electron chi connectivity index (χ0n) is 11.5. The maximum Gasteiger partial charge on any atom is 0.322 e. The van der Waals surface area contributed by atoms with E-state index in [0.29, 0.717) is 16.9 Å². The Morgan fingerprint density at radius 2 is 2.24 bits per heavy atom. The third-order valence-corrected chi connectivity index (χ3v) is 4.19. The van der Waals surface area contributed by atoms with E-state index in [1.54, 1.807) is 23.5 Å². The van der Waals surface area contributed by atoms with Gasteiger partial charge in [-0.15, -0.1) is 11.3 Å². The molecule has 1 N–H and O–H groups in total. The van der Waals surface area contributed by atoms with Crippen LogP contribution in [0.25, 0.3) is 11.4 Å². The molecule has 3 aromatic rings. The van der Waals surface area contributed by atoms with Crippen molar-refractivity contribution in [2.75, 3.05) is 5.32 Å². The number of rotatable bonds is 4. The molecule has 5 nitrogen and oxygen atoms in total. The largest absolute Gasteiger partial charge is 0.329 e. The Morgan fingerprint density at radius 1 is 1.38 bits per heavy atom. The molecule has 2 heterocycles. The summed E-state index contributed by atoms with van der Waals surface area (Å²) in [6.07, 6.45) is 1.85. The quantitative estimate of drug-likeness (QED) is 0.775. The molecule has 0 saturated heterocycles. The summed E-state index contributed by atoms with van der Waals surface area (Å²) in [5, 5.41) is 8.73. The molecule has 0 aliphatic carbocycles. The first kappa shape index (κ1) is 14.0. The minimum atomic E-state index is 0.0105. The van der Waals surface area contributed by atoms with Gasteiger partial charge in [-0.25, -0.2) is 4.98 Å². The van der Waals surface area contributed by atoms with Crippen molar-refractivity contribution in [2.45, 2.75) is 19.9 Å². The maximum atomic E-state index is 5.96. The van der Waals surface area contributed by atoms with Crippen molar-refractivity contribution < 1.29 is 4.52 Å². The van der Waals surface area contributed by atoms with Crippen molar-refractivity contribution >= 4 is 29.0 Å². The van der Waals surface area contributed by atoms with Crippen molar-refractivity contribution in [1.29, 1.82) is 0 Å². The van der Waals surface area contributed by atoms with Crippen LogP contribution in [0.15, 0.2) is 35.0 Å². The predicted octanol–water partition coefficient (Wildman–Crippen LogP) is 4.33. The molecule has 0 fully saturated rings. The highest BCUT2D eigenvalue weighted by Gasteiger charge is 2.14. The third kappa shape index (κ3) is 3.22. The molecule has 1 atom stereocenters. The van der Waals surface area contributed by atoms with Gasteiger partial charge in [0.1, 0.15) is 5.01 Å². The van der Waals surface area contributed by atoms with Gasteiger partial charge in [0.15, 0.2) is 0 Å². The van der Waals surface area contributed by atoms with E-state index in [2.05, 4.69) is 20.4 Å².